The molecule has 0 radical (unpaired) electrons. The molecular weight excluding hydrogens is 413 g/mol. The lowest BCUT2D eigenvalue weighted by molar-refractivity contribution is -0.119. The van der Waals surface area contributed by atoms with Crippen molar-refractivity contribution in [2.45, 2.75) is 12.5 Å². The molecule has 162 valence electrons. The molecule has 2 fully saturated rings. The minimum Gasteiger partial charge on any atom is -0.471 e. The van der Waals surface area contributed by atoms with Crippen molar-refractivity contribution in [3.05, 3.63) is 47.9 Å². The normalized spacial score (nSPS) is 23.0. The van der Waals surface area contributed by atoms with Crippen molar-refractivity contribution in [1.29, 1.82) is 0 Å². The molecule has 31 heavy (non-hydrogen) atoms. The third-order valence-corrected chi connectivity index (χ3v) is 5.91. The molecule has 1 amide bonds. The van der Waals surface area contributed by atoms with Crippen LogP contribution >= 0.6 is 0 Å². The van der Waals surface area contributed by atoms with Gasteiger partial charge < -0.3 is 19.0 Å². The molecule has 3 aromatic rings. The number of oxazole rings is 1. The fourth-order valence-corrected chi connectivity index (χ4v) is 4.67. The number of pyridine rings is 1. The van der Waals surface area contributed by atoms with Crippen LogP contribution in [0.25, 0.3) is 11.1 Å². The Labute approximate surface area is 175 Å². The van der Waals surface area contributed by atoms with Crippen molar-refractivity contribution in [2.24, 2.45) is 11.8 Å². The number of amides is 1. The van der Waals surface area contributed by atoms with Crippen LogP contribution in [0.5, 0.6) is 5.88 Å². The van der Waals surface area contributed by atoms with Crippen molar-refractivity contribution in [3.8, 4) is 5.88 Å². The summed E-state index contributed by atoms with van der Waals surface area (Å²) in [5.74, 6) is -0.142. The molecule has 2 aliphatic heterocycles. The van der Waals surface area contributed by atoms with E-state index >= 15 is 0 Å². The third-order valence-electron chi connectivity index (χ3n) is 5.91. The number of hydrogen-bond acceptors (Lipinski definition) is 6. The molecule has 0 aliphatic carbocycles. The summed E-state index contributed by atoms with van der Waals surface area (Å²) in [5, 5.41) is 0. The molecule has 0 saturated carbocycles. The highest BCUT2D eigenvalue weighted by molar-refractivity contribution is 5.74. The molecule has 2 saturated heterocycles. The van der Waals surface area contributed by atoms with Gasteiger partial charge in [0.15, 0.2) is 12.2 Å². The van der Waals surface area contributed by atoms with Gasteiger partial charge in [-0.05, 0) is 18.2 Å². The number of carbonyl (C=O) groups is 1. The Kier molecular flexibility index (Phi) is 4.91. The maximum absolute atomic E-state index is 13.5. The molecule has 7 nitrogen and oxygen atoms in total. The quantitative estimate of drug-likeness (QED) is 0.557. The first-order valence-corrected chi connectivity index (χ1v) is 9.91. The number of aromatic nitrogens is 2. The summed E-state index contributed by atoms with van der Waals surface area (Å²) >= 11 is 0. The van der Waals surface area contributed by atoms with Gasteiger partial charge in [-0.1, -0.05) is 6.07 Å². The number of likely N-dealkylation sites (tertiary alicyclic amines) is 1. The number of hydrogen-bond donors (Lipinski definition) is 0. The zero-order valence-electron chi connectivity index (χ0n) is 16.3. The summed E-state index contributed by atoms with van der Waals surface area (Å²) in [6, 6.07) is 7.65. The first kappa shape index (κ1) is 19.7. The SMILES string of the molecule is O=CN1CC2CN(c3nc4cc(F)ccc4o3)CC2C1c1cccnc1OCC(F)F. The van der Waals surface area contributed by atoms with Crippen molar-refractivity contribution >= 4 is 23.5 Å². The molecule has 2 aromatic heterocycles. The maximum atomic E-state index is 13.5. The lowest BCUT2D eigenvalue weighted by Crippen LogP contribution is -2.31. The number of nitrogens with zero attached hydrogens (tertiary/aromatic N) is 4. The summed E-state index contributed by atoms with van der Waals surface area (Å²) in [7, 11) is 0. The second kappa shape index (κ2) is 7.75. The first-order chi connectivity index (χ1) is 15.0. The van der Waals surface area contributed by atoms with Gasteiger partial charge in [0, 0.05) is 49.3 Å². The van der Waals surface area contributed by atoms with Crippen LogP contribution in [0, 0.1) is 17.7 Å². The molecule has 0 spiro atoms. The van der Waals surface area contributed by atoms with Gasteiger partial charge in [0.05, 0.1) is 6.04 Å². The number of carbonyl (C=O) groups excluding carboxylic acids is 1. The second-order valence-electron chi connectivity index (χ2n) is 7.78. The molecule has 5 rings (SSSR count). The molecule has 10 heteroatoms. The number of anilines is 1. The zero-order valence-corrected chi connectivity index (χ0v) is 16.3. The van der Waals surface area contributed by atoms with Gasteiger partial charge in [0.25, 0.3) is 12.4 Å². The topological polar surface area (TPSA) is 71.7 Å². The molecule has 0 bridgehead atoms. The van der Waals surface area contributed by atoms with Crippen molar-refractivity contribution in [2.75, 3.05) is 31.1 Å². The molecule has 3 atom stereocenters. The summed E-state index contributed by atoms with van der Waals surface area (Å²) in [5.41, 5.74) is 1.53. The molecule has 0 N–H and O–H groups in total. The summed E-state index contributed by atoms with van der Waals surface area (Å²) in [4.78, 5) is 23.9. The Morgan fingerprint density at radius 1 is 1.26 bits per heavy atom. The van der Waals surface area contributed by atoms with Crippen LogP contribution in [0.4, 0.5) is 19.2 Å². The van der Waals surface area contributed by atoms with Crippen molar-refractivity contribution in [3.63, 3.8) is 0 Å². The number of ether oxygens (including phenoxy) is 1. The lowest BCUT2D eigenvalue weighted by atomic mass is 9.90. The van der Waals surface area contributed by atoms with Crippen LogP contribution < -0.4 is 9.64 Å². The largest absolute Gasteiger partial charge is 0.471 e. The number of rotatable bonds is 6. The van der Waals surface area contributed by atoms with E-state index in [1.807, 2.05) is 4.90 Å². The fourth-order valence-electron chi connectivity index (χ4n) is 4.67. The van der Waals surface area contributed by atoms with E-state index in [9.17, 15) is 18.0 Å². The first-order valence-electron chi connectivity index (χ1n) is 9.91. The number of halogens is 3. The highest BCUT2D eigenvalue weighted by Crippen LogP contribution is 2.47. The smallest absolute Gasteiger partial charge is 0.298 e. The number of fused-ring (bicyclic) bond motifs is 2. The average Bonchev–Trinajstić information content (AvgIpc) is 3.43. The van der Waals surface area contributed by atoms with Crippen molar-refractivity contribution < 1.29 is 27.1 Å². The van der Waals surface area contributed by atoms with Crippen LogP contribution in [0.3, 0.4) is 0 Å². The number of alkyl halides is 2. The van der Waals surface area contributed by atoms with Gasteiger partial charge in [-0.2, -0.15) is 4.98 Å². The van der Waals surface area contributed by atoms with E-state index in [4.69, 9.17) is 9.15 Å². The Bertz CT molecular complexity index is 1110. The second-order valence-corrected chi connectivity index (χ2v) is 7.78. The van der Waals surface area contributed by atoms with Gasteiger partial charge in [-0.15, -0.1) is 0 Å². The monoisotopic (exact) mass is 432 g/mol. The van der Waals surface area contributed by atoms with Gasteiger partial charge >= 0.3 is 0 Å². The van der Waals surface area contributed by atoms with Gasteiger partial charge in [0.2, 0.25) is 12.3 Å². The van der Waals surface area contributed by atoms with E-state index in [0.717, 1.165) is 6.41 Å². The molecule has 4 heterocycles. The van der Waals surface area contributed by atoms with Crippen LogP contribution in [0.1, 0.15) is 11.6 Å². The number of benzene rings is 1. The van der Waals surface area contributed by atoms with E-state index in [0.29, 0.717) is 42.3 Å². The van der Waals surface area contributed by atoms with E-state index < -0.39 is 13.0 Å². The summed E-state index contributed by atoms with van der Waals surface area (Å²) in [6.07, 6.45) is -0.376. The highest BCUT2D eigenvalue weighted by Gasteiger charge is 2.49. The van der Waals surface area contributed by atoms with Crippen LogP contribution in [0.2, 0.25) is 0 Å². The van der Waals surface area contributed by atoms with Gasteiger partial charge in [0.1, 0.15) is 11.3 Å². The Morgan fingerprint density at radius 3 is 2.94 bits per heavy atom. The predicted molar refractivity (Wildman–Crippen MR) is 104 cm³/mol. The van der Waals surface area contributed by atoms with Gasteiger partial charge in [-0.25, -0.2) is 18.2 Å². The fraction of sp³-hybridized carbons (Fsp3) is 0.381. The lowest BCUT2D eigenvalue weighted by Gasteiger charge is -2.27. The van der Waals surface area contributed by atoms with Crippen LogP contribution in [-0.4, -0.2) is 53.9 Å². The highest BCUT2D eigenvalue weighted by atomic mass is 19.3. The van der Waals surface area contributed by atoms with E-state index in [1.54, 1.807) is 17.0 Å². The Hall–Kier alpha value is -3.30. The minimum absolute atomic E-state index is 0.00930. The zero-order chi connectivity index (χ0) is 21.5. The summed E-state index contributed by atoms with van der Waals surface area (Å²) in [6.45, 7) is 0.886. The molecule has 2 aliphatic rings. The van der Waals surface area contributed by atoms with Crippen LogP contribution in [-0.2, 0) is 4.79 Å². The summed E-state index contributed by atoms with van der Waals surface area (Å²) < 4.78 is 49.9. The minimum atomic E-state index is -2.63. The molecule has 1 aromatic carbocycles. The van der Waals surface area contributed by atoms with Gasteiger partial charge in [-0.3, -0.25) is 4.79 Å². The average molecular weight is 432 g/mol. The Balaban J connectivity index is 1.43. The molecular formula is C21H19F3N4O3. The third kappa shape index (κ3) is 3.55. The van der Waals surface area contributed by atoms with Crippen LogP contribution in [0.15, 0.2) is 40.9 Å². The molecule has 3 unspecified atom stereocenters. The predicted octanol–water partition coefficient (Wildman–Crippen LogP) is 3.27. The van der Waals surface area contributed by atoms with E-state index in [2.05, 4.69) is 9.97 Å². The standard InChI is InChI=1S/C21H19F3N4O3/c22-13-3-4-17-16(6-13)26-21(31-17)27-7-12-8-28(11-29)19(15(12)9-27)14-2-1-5-25-20(14)30-10-18(23)24/h1-6,11-12,15,18-19H,7-10H2. The maximum Gasteiger partial charge on any atom is 0.298 e. The van der Waals surface area contributed by atoms with E-state index in [-0.39, 0.29) is 29.6 Å². The van der Waals surface area contributed by atoms with Crippen molar-refractivity contribution in [1.82, 2.24) is 14.9 Å². The Morgan fingerprint density at radius 2 is 2.13 bits per heavy atom. The van der Waals surface area contributed by atoms with E-state index in [1.165, 1.54) is 24.4 Å².